The third-order valence-electron chi connectivity index (χ3n) is 14.4. The summed E-state index contributed by atoms with van der Waals surface area (Å²) in [6.07, 6.45) is 71.0. The topological polar surface area (TPSA) is 237 Å². The van der Waals surface area contributed by atoms with E-state index in [2.05, 4.69) is 125 Å². The first kappa shape index (κ1) is 89.5. The summed E-state index contributed by atoms with van der Waals surface area (Å²) in [5, 5.41) is 10.6. The average molecular weight is 1360 g/mol. The van der Waals surface area contributed by atoms with Gasteiger partial charge in [0, 0.05) is 19.3 Å². The number of unbranched alkanes of at least 4 members (excludes halogenated alkanes) is 21. The summed E-state index contributed by atoms with van der Waals surface area (Å²) in [4.78, 5) is 72.5. The van der Waals surface area contributed by atoms with Crippen LogP contribution in [0.2, 0.25) is 0 Å². The Hall–Kier alpha value is -4.54. The smallest absolute Gasteiger partial charge is 0.462 e. The summed E-state index contributed by atoms with van der Waals surface area (Å²) in [7, 11) is -9.98. The molecule has 3 N–H and O–H groups in total. The second kappa shape index (κ2) is 67.0. The Bertz CT molecular complexity index is 2270. The van der Waals surface area contributed by atoms with Gasteiger partial charge in [0.2, 0.25) is 0 Å². The molecule has 0 aromatic heterocycles. The van der Waals surface area contributed by atoms with E-state index >= 15 is 0 Å². The number of esters is 4. The van der Waals surface area contributed by atoms with Crippen LogP contribution in [0, 0.1) is 0 Å². The number of hydrogen-bond donors (Lipinski definition) is 3. The van der Waals surface area contributed by atoms with Crippen LogP contribution in [0.3, 0.4) is 0 Å². The Morgan fingerprint density at radius 2 is 0.617 bits per heavy atom. The molecule has 0 aromatic rings. The maximum atomic E-state index is 13.0. The molecule has 0 radical (unpaired) electrons. The van der Waals surface area contributed by atoms with Crippen molar-refractivity contribution in [1.82, 2.24) is 0 Å². The van der Waals surface area contributed by atoms with E-state index < -0.39 is 97.5 Å². The van der Waals surface area contributed by atoms with Gasteiger partial charge in [0.05, 0.1) is 32.8 Å². The molecule has 0 rings (SSSR count). The van der Waals surface area contributed by atoms with Crippen LogP contribution < -0.4 is 0 Å². The second-order valence-electron chi connectivity index (χ2n) is 23.5. The fourth-order valence-corrected chi connectivity index (χ4v) is 10.5. The van der Waals surface area contributed by atoms with Gasteiger partial charge in [-0.25, -0.2) is 9.13 Å². The predicted octanol–water partition coefficient (Wildman–Crippen LogP) is 20.0. The number of aliphatic hydroxyl groups excluding tert-OH is 1. The van der Waals surface area contributed by atoms with Gasteiger partial charge in [0.1, 0.15) is 19.3 Å². The van der Waals surface area contributed by atoms with Gasteiger partial charge in [0.25, 0.3) is 0 Å². The highest BCUT2D eigenvalue weighted by Crippen LogP contribution is 2.45. The summed E-state index contributed by atoms with van der Waals surface area (Å²) in [6.45, 7) is 4.43. The average Bonchev–Trinajstić information content (AvgIpc) is 1.67. The summed E-state index contributed by atoms with van der Waals surface area (Å²) >= 11 is 0. The van der Waals surface area contributed by atoms with E-state index in [0.29, 0.717) is 25.7 Å². The Morgan fingerprint density at radius 3 is 1.00 bits per heavy atom. The molecular weight excluding hydrogens is 1230 g/mol. The standard InChI is InChI=1S/C75H126O17P2/c1-5-9-13-17-21-25-29-33-34-38-40-44-48-52-56-60-73(78)86-66-71(92-75(80)62-58-54-50-46-42-37-32-28-24-20-16-12-8-4)68-90-94(83,84)88-64-69(76)63-87-93(81,82)89-67-70(91-74(79)61-57-53-49-45-41-36-31-27-23-19-15-11-7-3)65-85-72(77)59-55-51-47-43-39-35-30-26-22-18-14-10-6-2/h9,13-15,18-19,21,25-28,30-34,40,44,52,56,69-71,76H,5-8,10-12,16-17,20,22-24,29,35-39,41-43,45-51,53-55,57-68H2,1-4H3,(H,81,82)(H,83,84)/b13-9-,18-14-,19-15-,25-21-,30-26-,31-27-,32-28-,34-33-,44-40-,56-52-. The zero-order chi connectivity index (χ0) is 69.0. The van der Waals surface area contributed by atoms with Crippen molar-refractivity contribution in [3.63, 3.8) is 0 Å². The lowest BCUT2D eigenvalue weighted by atomic mass is 10.1. The van der Waals surface area contributed by atoms with Crippen LogP contribution in [0.25, 0.3) is 0 Å². The van der Waals surface area contributed by atoms with Gasteiger partial charge < -0.3 is 33.8 Å². The molecule has 5 atom stereocenters. The maximum absolute atomic E-state index is 13.0. The van der Waals surface area contributed by atoms with Crippen LogP contribution in [0.5, 0.6) is 0 Å². The van der Waals surface area contributed by atoms with Crippen molar-refractivity contribution in [2.45, 2.75) is 290 Å². The summed E-state index contributed by atoms with van der Waals surface area (Å²) in [5.41, 5.74) is 0. The van der Waals surface area contributed by atoms with Crippen molar-refractivity contribution in [3.05, 3.63) is 122 Å². The van der Waals surface area contributed by atoms with Crippen molar-refractivity contribution in [2.75, 3.05) is 39.6 Å². The Morgan fingerprint density at radius 1 is 0.319 bits per heavy atom. The summed E-state index contributed by atoms with van der Waals surface area (Å²) in [5.74, 6) is -2.37. The summed E-state index contributed by atoms with van der Waals surface area (Å²) in [6, 6.07) is 0. The van der Waals surface area contributed by atoms with E-state index in [1.54, 1.807) is 6.08 Å². The minimum Gasteiger partial charge on any atom is -0.462 e. The first-order valence-electron chi connectivity index (χ1n) is 35.8. The SMILES string of the molecule is CC/C=C\C/C=C\C/C=C\C/C=C\C/C=C\CC(=O)OCC(COP(=O)(O)OCC(O)COP(=O)(O)OCC(COC(=O)CCCCCCC/C=C\C/C=C\CCC)OC(=O)CCCCCCC/C=C\C/C=C\CCC)OC(=O)CCCCCCC/C=C\CCCCCC. The van der Waals surface area contributed by atoms with Gasteiger partial charge in [-0.15, -0.1) is 0 Å². The van der Waals surface area contributed by atoms with Crippen LogP contribution in [-0.4, -0.2) is 96.7 Å². The number of phosphoric acid groups is 2. The van der Waals surface area contributed by atoms with E-state index in [1.165, 1.54) is 25.7 Å². The van der Waals surface area contributed by atoms with Gasteiger partial charge in [-0.05, 0) is 128 Å². The predicted molar refractivity (Wildman–Crippen MR) is 381 cm³/mol. The molecule has 0 saturated heterocycles. The molecule has 0 fully saturated rings. The number of hydrogen-bond acceptors (Lipinski definition) is 15. The lowest BCUT2D eigenvalue weighted by Crippen LogP contribution is -2.30. The summed E-state index contributed by atoms with van der Waals surface area (Å²) < 4.78 is 68.1. The molecule has 538 valence electrons. The second-order valence-corrected chi connectivity index (χ2v) is 26.4. The fraction of sp³-hybridized carbons (Fsp3) is 0.680. The van der Waals surface area contributed by atoms with Gasteiger partial charge in [-0.1, -0.05) is 239 Å². The van der Waals surface area contributed by atoms with Gasteiger partial charge in [-0.3, -0.25) is 37.3 Å². The molecule has 0 aliphatic carbocycles. The largest absolute Gasteiger partial charge is 0.472 e. The van der Waals surface area contributed by atoms with Crippen LogP contribution in [-0.2, 0) is 65.4 Å². The number of phosphoric ester groups is 2. The van der Waals surface area contributed by atoms with Crippen molar-refractivity contribution in [2.24, 2.45) is 0 Å². The molecule has 0 bridgehead atoms. The van der Waals surface area contributed by atoms with E-state index in [0.717, 1.165) is 167 Å². The quantitative estimate of drug-likeness (QED) is 0.0169. The van der Waals surface area contributed by atoms with Crippen LogP contribution >= 0.6 is 15.6 Å². The monoisotopic (exact) mass is 1360 g/mol. The fourth-order valence-electron chi connectivity index (χ4n) is 8.95. The highest BCUT2D eigenvalue weighted by atomic mass is 31.2. The van der Waals surface area contributed by atoms with Crippen LogP contribution in [0.1, 0.15) is 272 Å². The molecule has 0 amide bonds. The molecule has 0 heterocycles. The number of aliphatic hydroxyl groups is 1. The molecule has 94 heavy (non-hydrogen) atoms. The van der Waals surface area contributed by atoms with E-state index in [9.17, 15) is 43.2 Å². The third-order valence-corrected chi connectivity index (χ3v) is 16.3. The third kappa shape index (κ3) is 66.1. The molecule has 0 aliphatic heterocycles. The normalized spacial score (nSPS) is 14.8. The van der Waals surface area contributed by atoms with Crippen molar-refractivity contribution < 1.29 is 80.2 Å². The van der Waals surface area contributed by atoms with Crippen molar-refractivity contribution in [3.8, 4) is 0 Å². The Labute approximate surface area is 568 Å². The highest BCUT2D eigenvalue weighted by molar-refractivity contribution is 7.47. The van der Waals surface area contributed by atoms with Gasteiger partial charge >= 0.3 is 39.5 Å². The Balaban J connectivity index is 5.43. The van der Waals surface area contributed by atoms with E-state index in [1.807, 2.05) is 18.2 Å². The van der Waals surface area contributed by atoms with E-state index in [-0.39, 0.29) is 25.7 Å². The molecule has 0 saturated carbocycles. The lowest BCUT2D eigenvalue weighted by molar-refractivity contribution is -0.161. The zero-order valence-corrected chi connectivity index (χ0v) is 60.1. The number of rotatable bonds is 66. The molecule has 5 unspecified atom stereocenters. The molecule has 19 heteroatoms. The molecule has 0 spiro atoms. The van der Waals surface area contributed by atoms with Crippen molar-refractivity contribution >= 4 is 39.5 Å². The van der Waals surface area contributed by atoms with Gasteiger partial charge in [-0.2, -0.15) is 0 Å². The minimum absolute atomic E-state index is 0.0629. The first-order chi connectivity index (χ1) is 45.7. The molecular formula is C75H126O17P2. The molecule has 17 nitrogen and oxygen atoms in total. The number of carbonyl (C=O) groups excluding carboxylic acids is 4. The number of allylic oxidation sites excluding steroid dienone is 19. The number of ether oxygens (including phenoxy) is 4. The highest BCUT2D eigenvalue weighted by Gasteiger charge is 2.30. The van der Waals surface area contributed by atoms with E-state index in [4.69, 9.17) is 37.0 Å². The van der Waals surface area contributed by atoms with Gasteiger partial charge in [0.15, 0.2) is 12.2 Å². The minimum atomic E-state index is -4.99. The van der Waals surface area contributed by atoms with Crippen LogP contribution in [0.15, 0.2) is 122 Å². The Kier molecular flexibility index (Phi) is 63.8. The first-order valence-corrected chi connectivity index (χ1v) is 38.8. The lowest BCUT2D eigenvalue weighted by Gasteiger charge is -2.21. The van der Waals surface area contributed by atoms with Crippen molar-refractivity contribution in [1.29, 1.82) is 0 Å². The van der Waals surface area contributed by atoms with Crippen LogP contribution in [0.4, 0.5) is 0 Å². The number of carbonyl (C=O) groups is 4. The molecule has 0 aromatic carbocycles. The maximum Gasteiger partial charge on any atom is 0.472 e. The molecule has 0 aliphatic rings. The zero-order valence-electron chi connectivity index (χ0n) is 58.3.